The lowest BCUT2D eigenvalue weighted by Crippen LogP contribution is -2.51. The van der Waals surface area contributed by atoms with Crippen molar-refractivity contribution in [1.29, 1.82) is 5.26 Å². The van der Waals surface area contributed by atoms with Crippen molar-refractivity contribution in [3.05, 3.63) is 23.8 Å². The Labute approximate surface area is 133 Å². The summed E-state index contributed by atoms with van der Waals surface area (Å²) in [5.41, 5.74) is 0.878. The van der Waals surface area contributed by atoms with Crippen molar-refractivity contribution in [2.45, 2.75) is 25.4 Å². The molecule has 5 heteroatoms. The largest absolute Gasteiger partial charge is 0.497 e. The Bertz CT molecular complexity index is 541. The molecule has 2 unspecified atom stereocenters. The summed E-state index contributed by atoms with van der Waals surface area (Å²) in [6, 6.07) is 8.25. The number of nitrogens with zero attached hydrogens (tertiary/aromatic N) is 3. The molecule has 1 aliphatic heterocycles. The van der Waals surface area contributed by atoms with E-state index in [0.29, 0.717) is 6.04 Å². The van der Waals surface area contributed by atoms with Gasteiger partial charge in [0.2, 0.25) is 0 Å². The number of rotatable bonds is 5. The maximum absolute atomic E-state index is 9.74. The molecule has 1 heterocycles. The van der Waals surface area contributed by atoms with E-state index in [1.165, 1.54) is 0 Å². The summed E-state index contributed by atoms with van der Waals surface area (Å²) in [6.45, 7) is 4.94. The van der Waals surface area contributed by atoms with Crippen LogP contribution in [0.3, 0.4) is 0 Å². The van der Waals surface area contributed by atoms with E-state index in [-0.39, 0.29) is 6.04 Å². The lowest BCUT2D eigenvalue weighted by molar-refractivity contribution is 0.0766. The van der Waals surface area contributed by atoms with Crippen LogP contribution in [-0.2, 0) is 0 Å². The molecule has 0 aromatic heterocycles. The molecule has 0 amide bonds. The molecule has 0 bridgehead atoms. The first kappa shape index (κ1) is 16.6. The lowest BCUT2D eigenvalue weighted by Gasteiger charge is -2.41. The molecule has 2 atom stereocenters. The smallest absolute Gasteiger partial charge is 0.127 e. The number of piperazine rings is 1. The van der Waals surface area contributed by atoms with E-state index in [1.807, 2.05) is 18.2 Å². The Kier molecular flexibility index (Phi) is 5.64. The van der Waals surface area contributed by atoms with Crippen molar-refractivity contribution in [2.24, 2.45) is 0 Å². The maximum Gasteiger partial charge on any atom is 0.127 e. The number of ether oxygens (including phenoxy) is 2. The number of nitriles is 1. The van der Waals surface area contributed by atoms with Crippen LogP contribution in [0.2, 0.25) is 0 Å². The van der Waals surface area contributed by atoms with Crippen molar-refractivity contribution >= 4 is 0 Å². The summed E-state index contributed by atoms with van der Waals surface area (Å²) in [7, 11) is 5.42. The molecular formula is C17H25N3O2. The van der Waals surface area contributed by atoms with Crippen LogP contribution >= 0.6 is 0 Å². The number of likely N-dealkylation sites (N-methyl/N-ethyl adjacent to an activating group) is 1. The Morgan fingerprint density at radius 3 is 2.68 bits per heavy atom. The number of hydrogen-bond donors (Lipinski definition) is 0. The van der Waals surface area contributed by atoms with Gasteiger partial charge in [-0.3, -0.25) is 4.90 Å². The molecule has 1 fully saturated rings. The lowest BCUT2D eigenvalue weighted by atomic mass is 10.0. The minimum absolute atomic E-state index is 0.312. The monoisotopic (exact) mass is 303 g/mol. The van der Waals surface area contributed by atoms with Crippen molar-refractivity contribution < 1.29 is 9.47 Å². The van der Waals surface area contributed by atoms with Crippen LogP contribution in [0.4, 0.5) is 0 Å². The summed E-state index contributed by atoms with van der Waals surface area (Å²) in [6.07, 6.45) is 1.08. The topological polar surface area (TPSA) is 48.7 Å². The molecule has 5 nitrogen and oxygen atoms in total. The van der Waals surface area contributed by atoms with Gasteiger partial charge in [-0.25, -0.2) is 0 Å². The SMILES string of the molecule is CCC1CN(C(C#N)c2cc(OC)ccc2OC)CCN1C. The van der Waals surface area contributed by atoms with Gasteiger partial charge in [0.1, 0.15) is 17.5 Å². The van der Waals surface area contributed by atoms with Crippen LogP contribution in [0.5, 0.6) is 11.5 Å². The van der Waals surface area contributed by atoms with Gasteiger partial charge in [-0.05, 0) is 31.7 Å². The summed E-state index contributed by atoms with van der Waals surface area (Å²) in [5, 5.41) is 9.74. The van der Waals surface area contributed by atoms with Crippen molar-refractivity contribution in [3.8, 4) is 17.6 Å². The number of benzene rings is 1. The van der Waals surface area contributed by atoms with Crippen LogP contribution < -0.4 is 9.47 Å². The van der Waals surface area contributed by atoms with E-state index in [9.17, 15) is 5.26 Å². The highest BCUT2D eigenvalue weighted by Crippen LogP contribution is 2.33. The second-order valence-electron chi connectivity index (χ2n) is 5.68. The fourth-order valence-electron chi connectivity index (χ4n) is 3.05. The van der Waals surface area contributed by atoms with E-state index >= 15 is 0 Å². The molecular weight excluding hydrogens is 278 g/mol. The first-order valence-electron chi connectivity index (χ1n) is 7.70. The van der Waals surface area contributed by atoms with Crippen LogP contribution in [-0.4, -0.2) is 56.7 Å². The van der Waals surface area contributed by atoms with Gasteiger partial charge in [-0.1, -0.05) is 6.92 Å². The Balaban J connectivity index is 2.30. The highest BCUT2D eigenvalue weighted by atomic mass is 16.5. The number of methoxy groups -OCH3 is 2. The van der Waals surface area contributed by atoms with E-state index in [1.54, 1.807) is 14.2 Å². The third kappa shape index (κ3) is 3.34. The van der Waals surface area contributed by atoms with E-state index in [0.717, 1.165) is 43.1 Å². The molecule has 1 aliphatic rings. The summed E-state index contributed by atoms with van der Waals surface area (Å²) >= 11 is 0. The normalized spacial score (nSPS) is 21.1. The van der Waals surface area contributed by atoms with Gasteiger partial charge in [-0.15, -0.1) is 0 Å². The number of hydrogen-bond acceptors (Lipinski definition) is 5. The van der Waals surface area contributed by atoms with Gasteiger partial charge in [0, 0.05) is 31.2 Å². The van der Waals surface area contributed by atoms with Gasteiger partial charge in [0.25, 0.3) is 0 Å². The minimum Gasteiger partial charge on any atom is -0.497 e. The highest BCUT2D eigenvalue weighted by molar-refractivity contribution is 5.44. The molecule has 0 radical (unpaired) electrons. The second kappa shape index (κ2) is 7.48. The molecule has 2 rings (SSSR count). The minimum atomic E-state index is -0.312. The van der Waals surface area contributed by atoms with Crippen LogP contribution in [0.25, 0.3) is 0 Å². The van der Waals surface area contributed by atoms with Crippen LogP contribution in [0.1, 0.15) is 24.9 Å². The van der Waals surface area contributed by atoms with Gasteiger partial charge in [0.05, 0.1) is 20.3 Å². The zero-order valence-corrected chi connectivity index (χ0v) is 13.9. The predicted molar refractivity (Wildman–Crippen MR) is 86.2 cm³/mol. The zero-order valence-electron chi connectivity index (χ0n) is 13.9. The average molecular weight is 303 g/mol. The zero-order chi connectivity index (χ0) is 16.1. The van der Waals surface area contributed by atoms with E-state index < -0.39 is 0 Å². The molecule has 0 N–H and O–H groups in total. The van der Waals surface area contributed by atoms with Crippen molar-refractivity contribution in [3.63, 3.8) is 0 Å². The van der Waals surface area contributed by atoms with Crippen molar-refractivity contribution in [1.82, 2.24) is 9.80 Å². The van der Waals surface area contributed by atoms with Gasteiger partial charge in [-0.2, -0.15) is 5.26 Å². The van der Waals surface area contributed by atoms with Gasteiger partial charge >= 0.3 is 0 Å². The first-order valence-corrected chi connectivity index (χ1v) is 7.70. The average Bonchev–Trinajstić information content (AvgIpc) is 2.56. The fraction of sp³-hybridized carbons (Fsp3) is 0.588. The third-order valence-electron chi connectivity index (χ3n) is 4.50. The molecule has 1 saturated heterocycles. The molecule has 0 saturated carbocycles. The highest BCUT2D eigenvalue weighted by Gasteiger charge is 2.30. The Morgan fingerprint density at radius 2 is 2.09 bits per heavy atom. The molecule has 0 aliphatic carbocycles. The fourth-order valence-corrected chi connectivity index (χ4v) is 3.05. The standard InChI is InChI=1S/C17H25N3O2/c1-5-13-12-20(9-8-19(13)2)16(11-18)15-10-14(21-3)6-7-17(15)22-4/h6-7,10,13,16H,5,8-9,12H2,1-4H3. The van der Waals surface area contributed by atoms with Gasteiger partial charge < -0.3 is 14.4 Å². The van der Waals surface area contributed by atoms with Gasteiger partial charge in [0.15, 0.2) is 0 Å². The van der Waals surface area contributed by atoms with Crippen molar-refractivity contribution in [2.75, 3.05) is 40.9 Å². The van der Waals surface area contributed by atoms with E-state index in [4.69, 9.17) is 9.47 Å². The Morgan fingerprint density at radius 1 is 1.32 bits per heavy atom. The summed E-state index contributed by atoms with van der Waals surface area (Å²) in [5.74, 6) is 1.48. The molecule has 0 spiro atoms. The maximum atomic E-state index is 9.74. The van der Waals surface area contributed by atoms with E-state index in [2.05, 4.69) is 29.8 Å². The first-order chi connectivity index (χ1) is 10.6. The molecule has 120 valence electrons. The molecule has 22 heavy (non-hydrogen) atoms. The van der Waals surface area contributed by atoms with Crippen LogP contribution in [0, 0.1) is 11.3 Å². The third-order valence-corrected chi connectivity index (χ3v) is 4.50. The Hall–Kier alpha value is -1.77. The second-order valence-corrected chi connectivity index (χ2v) is 5.68. The quantitative estimate of drug-likeness (QED) is 0.835. The summed E-state index contributed by atoms with van der Waals surface area (Å²) in [4.78, 5) is 4.61. The summed E-state index contributed by atoms with van der Waals surface area (Å²) < 4.78 is 10.8. The van der Waals surface area contributed by atoms with Crippen LogP contribution in [0.15, 0.2) is 18.2 Å². The predicted octanol–water partition coefficient (Wildman–Crippen LogP) is 2.29. The molecule has 1 aromatic rings. The molecule has 1 aromatic carbocycles.